The number of amides is 1. The minimum absolute atomic E-state index is 0.116. The quantitative estimate of drug-likeness (QED) is 0.211. The van der Waals surface area contributed by atoms with Crippen LogP contribution in [-0.2, 0) is 19.4 Å². The van der Waals surface area contributed by atoms with Crippen LogP contribution in [0.4, 0.5) is 10.7 Å². The molecule has 0 bridgehead atoms. The third-order valence-corrected chi connectivity index (χ3v) is 8.71. The number of nitrogens with one attached hydrogen (secondary N) is 1. The van der Waals surface area contributed by atoms with Crippen molar-refractivity contribution in [3.63, 3.8) is 0 Å². The molecule has 1 aliphatic rings. The Morgan fingerprint density at radius 3 is 2.39 bits per heavy atom. The fourth-order valence-electron chi connectivity index (χ4n) is 5.04. The van der Waals surface area contributed by atoms with Crippen LogP contribution in [-0.4, -0.2) is 23.2 Å². The summed E-state index contributed by atoms with van der Waals surface area (Å²) in [6.07, 6.45) is 4.71. The summed E-state index contributed by atoms with van der Waals surface area (Å²) in [6.45, 7) is 7.21. The fourth-order valence-corrected chi connectivity index (χ4v) is 6.31. The zero-order valence-electron chi connectivity index (χ0n) is 23.5. The molecule has 0 unspecified atom stereocenters. The van der Waals surface area contributed by atoms with Crippen molar-refractivity contribution in [3.8, 4) is 5.75 Å². The highest BCUT2D eigenvalue weighted by Crippen LogP contribution is 2.45. The number of benzene rings is 3. The van der Waals surface area contributed by atoms with Gasteiger partial charge < -0.3 is 15.2 Å². The number of aliphatic imine (C=N–C) groups is 1. The number of para-hydroxylation sites is 1. The molecule has 210 valence electrons. The minimum atomic E-state index is -0.949. The van der Waals surface area contributed by atoms with Crippen LogP contribution in [0.3, 0.4) is 0 Å². The molecule has 5 rings (SSSR count). The Morgan fingerprint density at radius 1 is 1.02 bits per heavy atom. The van der Waals surface area contributed by atoms with Crippen LogP contribution in [0.25, 0.3) is 0 Å². The van der Waals surface area contributed by atoms with Crippen molar-refractivity contribution < 1.29 is 19.4 Å². The van der Waals surface area contributed by atoms with E-state index < -0.39 is 5.97 Å². The van der Waals surface area contributed by atoms with Gasteiger partial charge in [0.25, 0.3) is 5.91 Å². The maximum atomic E-state index is 13.5. The summed E-state index contributed by atoms with van der Waals surface area (Å²) in [5.41, 5.74) is 4.84. The van der Waals surface area contributed by atoms with Gasteiger partial charge in [-0.25, -0.2) is 9.79 Å². The number of aromatic carboxylic acids is 1. The van der Waals surface area contributed by atoms with Crippen molar-refractivity contribution in [2.24, 2.45) is 16.3 Å². The Bertz CT molecular complexity index is 1550. The van der Waals surface area contributed by atoms with Crippen LogP contribution in [0.5, 0.6) is 5.75 Å². The summed E-state index contributed by atoms with van der Waals surface area (Å²) >= 11 is 1.63. The predicted molar refractivity (Wildman–Crippen MR) is 165 cm³/mol. The lowest BCUT2D eigenvalue weighted by atomic mass is 9.72. The number of fused-ring (bicyclic) bond motifs is 1. The second-order valence-corrected chi connectivity index (χ2v) is 12.5. The van der Waals surface area contributed by atoms with Gasteiger partial charge in [0.05, 0.1) is 11.1 Å². The molecule has 7 heteroatoms. The predicted octanol–water partition coefficient (Wildman–Crippen LogP) is 8.18. The van der Waals surface area contributed by atoms with E-state index in [0.717, 1.165) is 46.6 Å². The van der Waals surface area contributed by atoms with E-state index in [-0.39, 0.29) is 16.9 Å². The van der Waals surface area contributed by atoms with Gasteiger partial charge in [0.1, 0.15) is 17.4 Å². The van der Waals surface area contributed by atoms with E-state index in [1.165, 1.54) is 4.88 Å². The molecule has 41 heavy (non-hydrogen) atoms. The molecule has 1 atom stereocenters. The number of anilines is 1. The molecule has 0 radical (unpaired) electrons. The third-order valence-electron chi connectivity index (χ3n) is 7.55. The van der Waals surface area contributed by atoms with Crippen LogP contribution in [0.15, 0.2) is 83.9 Å². The summed E-state index contributed by atoms with van der Waals surface area (Å²) in [4.78, 5) is 30.6. The molecule has 0 saturated heterocycles. The normalized spacial score (nSPS) is 15.0. The molecule has 1 amide bonds. The molecule has 4 aromatic rings. The van der Waals surface area contributed by atoms with Gasteiger partial charge in [-0.15, -0.1) is 11.3 Å². The molecule has 3 aromatic carbocycles. The number of carbonyl (C=O) groups is 2. The summed E-state index contributed by atoms with van der Waals surface area (Å²) in [5, 5.41) is 12.9. The molecule has 0 aliphatic heterocycles. The van der Waals surface area contributed by atoms with Gasteiger partial charge >= 0.3 is 5.97 Å². The first-order valence-corrected chi connectivity index (χ1v) is 14.6. The molecule has 1 heterocycles. The van der Waals surface area contributed by atoms with E-state index in [1.54, 1.807) is 41.8 Å². The third kappa shape index (κ3) is 6.92. The first kappa shape index (κ1) is 28.3. The Kier molecular flexibility index (Phi) is 8.36. The van der Waals surface area contributed by atoms with Gasteiger partial charge in [0.15, 0.2) is 0 Å². The van der Waals surface area contributed by atoms with Crippen molar-refractivity contribution in [2.75, 3.05) is 5.32 Å². The number of carbonyl (C=O) groups excluding carboxylic acids is 1. The van der Waals surface area contributed by atoms with Crippen molar-refractivity contribution in [2.45, 2.75) is 46.6 Å². The summed E-state index contributed by atoms with van der Waals surface area (Å²) < 4.78 is 5.87. The molecule has 0 spiro atoms. The Balaban J connectivity index is 1.33. The molecule has 0 saturated carbocycles. The van der Waals surface area contributed by atoms with E-state index in [1.807, 2.05) is 54.6 Å². The molecular formula is C34H34N2O4S. The molecule has 2 N–H and O–H groups in total. The Morgan fingerprint density at radius 2 is 1.73 bits per heavy atom. The van der Waals surface area contributed by atoms with Crippen LogP contribution in [0.2, 0.25) is 0 Å². The van der Waals surface area contributed by atoms with Crippen LogP contribution < -0.4 is 10.1 Å². The average molecular weight is 567 g/mol. The largest absolute Gasteiger partial charge is 0.489 e. The highest BCUT2D eigenvalue weighted by molar-refractivity contribution is 7.16. The highest BCUT2D eigenvalue weighted by atomic mass is 32.1. The number of hydrogen-bond acceptors (Lipinski definition) is 5. The Labute approximate surface area is 244 Å². The highest BCUT2D eigenvalue weighted by Gasteiger charge is 2.33. The second-order valence-electron chi connectivity index (χ2n) is 11.4. The monoisotopic (exact) mass is 566 g/mol. The van der Waals surface area contributed by atoms with Gasteiger partial charge in [-0.3, -0.25) is 4.79 Å². The summed E-state index contributed by atoms with van der Waals surface area (Å²) in [7, 11) is 0. The molecule has 6 nitrogen and oxygen atoms in total. The minimum Gasteiger partial charge on any atom is -0.489 e. The summed E-state index contributed by atoms with van der Waals surface area (Å²) in [5.74, 6) is 0.205. The number of hydrogen-bond donors (Lipinski definition) is 2. The fraction of sp³-hybridized carbons (Fsp3) is 0.265. The number of carboxylic acid groups (broad SMARTS) is 1. The smallest absolute Gasteiger partial charge is 0.335 e. The zero-order valence-corrected chi connectivity index (χ0v) is 24.3. The second kappa shape index (κ2) is 12.1. The van der Waals surface area contributed by atoms with Crippen molar-refractivity contribution in [3.05, 3.63) is 112 Å². The maximum absolute atomic E-state index is 13.5. The van der Waals surface area contributed by atoms with Gasteiger partial charge in [-0.05, 0) is 95.8 Å². The average Bonchev–Trinajstić information content (AvgIpc) is 3.34. The Hall–Kier alpha value is -4.23. The standard InChI is InChI=1S/C34H34N2O4S/c1-34(2,3)25-15-18-28-29(19-25)41-32(30(28)31(37)36-26-7-5-4-6-8-26)35-20-22-11-16-27(17-12-22)40-21-23-9-13-24(14-10-23)33(38)39/h4-14,16-17,20,25H,15,18-19,21H2,1-3H3,(H,36,37)(H,38,39)/t25-/m0/s1. The molecular weight excluding hydrogens is 532 g/mol. The first-order chi connectivity index (χ1) is 19.7. The van der Waals surface area contributed by atoms with E-state index >= 15 is 0 Å². The number of nitrogens with zero attached hydrogens (tertiary/aromatic N) is 1. The first-order valence-electron chi connectivity index (χ1n) is 13.8. The van der Waals surface area contributed by atoms with E-state index in [2.05, 4.69) is 26.1 Å². The number of thiophene rings is 1. The van der Waals surface area contributed by atoms with Crippen molar-refractivity contribution in [1.29, 1.82) is 0 Å². The maximum Gasteiger partial charge on any atom is 0.335 e. The topological polar surface area (TPSA) is 88.0 Å². The number of ether oxygens (including phenoxy) is 1. The van der Waals surface area contributed by atoms with Crippen molar-refractivity contribution in [1.82, 2.24) is 0 Å². The van der Waals surface area contributed by atoms with E-state index in [9.17, 15) is 9.59 Å². The van der Waals surface area contributed by atoms with Gasteiger partial charge in [-0.2, -0.15) is 0 Å². The van der Waals surface area contributed by atoms with Crippen LogP contribution >= 0.6 is 11.3 Å². The SMILES string of the molecule is CC(C)(C)[C@H]1CCc2c(sc(N=Cc3ccc(OCc4ccc(C(=O)O)cc4)cc3)c2C(=O)Nc2ccccc2)C1. The molecule has 0 fully saturated rings. The number of carboxylic acids is 1. The van der Waals surface area contributed by atoms with Crippen LogP contribution in [0, 0.1) is 11.3 Å². The summed E-state index contributed by atoms with van der Waals surface area (Å²) in [6, 6.07) is 23.8. The lowest BCUT2D eigenvalue weighted by Gasteiger charge is -2.33. The molecule has 1 aromatic heterocycles. The lowest BCUT2D eigenvalue weighted by Crippen LogP contribution is -2.27. The zero-order chi connectivity index (χ0) is 29.0. The lowest BCUT2D eigenvalue weighted by molar-refractivity contribution is 0.0696. The number of rotatable bonds is 8. The van der Waals surface area contributed by atoms with Gasteiger partial charge in [0.2, 0.25) is 0 Å². The van der Waals surface area contributed by atoms with Gasteiger partial charge in [-0.1, -0.05) is 51.1 Å². The van der Waals surface area contributed by atoms with Crippen molar-refractivity contribution >= 4 is 40.1 Å². The van der Waals surface area contributed by atoms with E-state index in [4.69, 9.17) is 14.8 Å². The van der Waals surface area contributed by atoms with Gasteiger partial charge in [0, 0.05) is 16.8 Å². The van der Waals surface area contributed by atoms with Crippen LogP contribution in [0.1, 0.15) is 69.5 Å². The molecule has 1 aliphatic carbocycles. The van der Waals surface area contributed by atoms with E-state index in [0.29, 0.717) is 23.8 Å².